The lowest BCUT2D eigenvalue weighted by molar-refractivity contribution is 0.0606. The molecular formula is C8H11NO3S. The summed E-state index contributed by atoms with van der Waals surface area (Å²) in [5.41, 5.74) is 0. The Hall–Kier alpha value is -0.940. The highest BCUT2D eigenvalue weighted by atomic mass is 32.1. The molecule has 1 heterocycles. The van der Waals surface area contributed by atoms with Gasteiger partial charge in [-0.05, 0) is 6.92 Å². The Morgan fingerprint density at radius 2 is 2.46 bits per heavy atom. The van der Waals surface area contributed by atoms with Gasteiger partial charge in [-0.2, -0.15) is 0 Å². The predicted octanol–water partition coefficient (Wildman–Crippen LogP) is 1.47. The molecule has 0 N–H and O–H groups in total. The summed E-state index contributed by atoms with van der Waals surface area (Å²) >= 11 is 1.29. The number of esters is 1. The average molecular weight is 201 g/mol. The maximum atomic E-state index is 11.0. The molecule has 0 spiro atoms. The van der Waals surface area contributed by atoms with Gasteiger partial charge in [-0.15, -0.1) is 11.3 Å². The number of nitrogens with zero attached hydrogens (tertiary/aromatic N) is 1. The van der Waals surface area contributed by atoms with Crippen LogP contribution in [0.25, 0.3) is 0 Å². The van der Waals surface area contributed by atoms with Crippen LogP contribution in [0.1, 0.15) is 21.6 Å². The molecule has 0 radical (unpaired) electrons. The highest BCUT2D eigenvalue weighted by Gasteiger charge is 2.09. The largest absolute Gasteiger partial charge is 0.465 e. The Morgan fingerprint density at radius 1 is 1.69 bits per heavy atom. The highest BCUT2D eigenvalue weighted by molar-refractivity contribution is 7.13. The van der Waals surface area contributed by atoms with Crippen molar-refractivity contribution in [2.45, 2.75) is 13.5 Å². The van der Waals surface area contributed by atoms with Gasteiger partial charge in [0.25, 0.3) is 0 Å². The van der Waals surface area contributed by atoms with Crippen molar-refractivity contribution < 1.29 is 14.3 Å². The van der Waals surface area contributed by atoms with Gasteiger partial charge in [-0.3, -0.25) is 0 Å². The number of carbonyl (C=O) groups is 1. The molecule has 1 rings (SSSR count). The number of hydrogen-bond acceptors (Lipinski definition) is 5. The fourth-order valence-electron chi connectivity index (χ4n) is 0.761. The van der Waals surface area contributed by atoms with E-state index in [9.17, 15) is 4.79 Å². The Labute approximate surface area is 80.5 Å². The Bertz CT molecular complexity index is 285. The first kappa shape index (κ1) is 10.1. The van der Waals surface area contributed by atoms with Crippen molar-refractivity contribution in [3.05, 3.63) is 16.1 Å². The molecule has 0 aromatic carbocycles. The van der Waals surface area contributed by atoms with Crippen molar-refractivity contribution in [1.29, 1.82) is 0 Å². The molecule has 0 aliphatic rings. The van der Waals surface area contributed by atoms with Gasteiger partial charge in [0.1, 0.15) is 9.88 Å². The summed E-state index contributed by atoms with van der Waals surface area (Å²) in [5.74, 6) is -0.347. The van der Waals surface area contributed by atoms with Crippen LogP contribution in [-0.4, -0.2) is 24.7 Å². The lowest BCUT2D eigenvalue weighted by atomic mass is 10.6. The van der Waals surface area contributed by atoms with Gasteiger partial charge >= 0.3 is 5.97 Å². The average Bonchev–Trinajstić information content (AvgIpc) is 2.62. The van der Waals surface area contributed by atoms with E-state index in [4.69, 9.17) is 4.74 Å². The minimum Gasteiger partial charge on any atom is -0.465 e. The lowest BCUT2D eigenvalue weighted by Crippen LogP contribution is -1.96. The van der Waals surface area contributed by atoms with E-state index in [1.807, 2.05) is 6.92 Å². The van der Waals surface area contributed by atoms with Crippen LogP contribution in [0.4, 0.5) is 0 Å². The first-order chi connectivity index (χ1) is 6.27. The highest BCUT2D eigenvalue weighted by Crippen LogP contribution is 2.14. The quantitative estimate of drug-likeness (QED) is 0.692. The number of aromatic nitrogens is 1. The Kier molecular flexibility index (Phi) is 3.85. The second kappa shape index (κ2) is 4.94. The SMILES string of the molecule is CCOCc1ncc(C(=O)OC)s1. The Balaban J connectivity index is 2.58. The van der Waals surface area contributed by atoms with Gasteiger partial charge in [0.15, 0.2) is 0 Å². The second-order valence-electron chi connectivity index (χ2n) is 2.25. The van der Waals surface area contributed by atoms with Crippen molar-refractivity contribution in [3.63, 3.8) is 0 Å². The topological polar surface area (TPSA) is 48.4 Å². The van der Waals surface area contributed by atoms with E-state index in [0.29, 0.717) is 18.1 Å². The number of methoxy groups -OCH3 is 1. The van der Waals surface area contributed by atoms with Crippen molar-refractivity contribution in [2.75, 3.05) is 13.7 Å². The minimum atomic E-state index is -0.347. The van der Waals surface area contributed by atoms with Gasteiger partial charge < -0.3 is 9.47 Å². The van der Waals surface area contributed by atoms with Crippen molar-refractivity contribution in [1.82, 2.24) is 4.98 Å². The molecule has 1 aromatic heterocycles. The number of carbonyl (C=O) groups excluding carboxylic acids is 1. The minimum absolute atomic E-state index is 0.347. The van der Waals surface area contributed by atoms with Crippen LogP contribution >= 0.6 is 11.3 Å². The standard InChI is InChI=1S/C8H11NO3S/c1-3-12-5-7-9-4-6(13-7)8(10)11-2/h4H,3,5H2,1-2H3. The van der Waals surface area contributed by atoms with E-state index >= 15 is 0 Å². The molecule has 0 aliphatic carbocycles. The first-order valence-corrected chi connectivity index (χ1v) is 4.70. The van der Waals surface area contributed by atoms with E-state index in [1.54, 1.807) is 0 Å². The van der Waals surface area contributed by atoms with Crippen LogP contribution in [0.5, 0.6) is 0 Å². The van der Waals surface area contributed by atoms with Crippen LogP contribution in [0.3, 0.4) is 0 Å². The van der Waals surface area contributed by atoms with E-state index in [1.165, 1.54) is 24.6 Å². The van der Waals surface area contributed by atoms with Gasteiger partial charge in [-0.25, -0.2) is 9.78 Å². The van der Waals surface area contributed by atoms with E-state index in [0.717, 1.165) is 5.01 Å². The molecule has 0 amide bonds. The number of rotatable bonds is 4. The third kappa shape index (κ3) is 2.78. The summed E-state index contributed by atoms with van der Waals surface area (Å²) in [5, 5.41) is 0.794. The van der Waals surface area contributed by atoms with E-state index in [-0.39, 0.29) is 5.97 Å². The fraction of sp³-hybridized carbons (Fsp3) is 0.500. The number of thiazole rings is 1. The third-order valence-corrected chi connectivity index (χ3v) is 2.32. The summed E-state index contributed by atoms with van der Waals surface area (Å²) in [6, 6.07) is 0. The molecule has 72 valence electrons. The zero-order valence-electron chi connectivity index (χ0n) is 7.57. The maximum Gasteiger partial charge on any atom is 0.349 e. The van der Waals surface area contributed by atoms with Crippen LogP contribution in [0.2, 0.25) is 0 Å². The van der Waals surface area contributed by atoms with Crippen molar-refractivity contribution in [3.8, 4) is 0 Å². The molecule has 0 fully saturated rings. The van der Waals surface area contributed by atoms with Gasteiger partial charge in [0.2, 0.25) is 0 Å². The van der Waals surface area contributed by atoms with Crippen LogP contribution in [-0.2, 0) is 16.1 Å². The monoisotopic (exact) mass is 201 g/mol. The number of hydrogen-bond donors (Lipinski definition) is 0. The van der Waals surface area contributed by atoms with Crippen LogP contribution in [0.15, 0.2) is 6.20 Å². The first-order valence-electron chi connectivity index (χ1n) is 3.88. The van der Waals surface area contributed by atoms with Crippen molar-refractivity contribution >= 4 is 17.3 Å². The third-order valence-electron chi connectivity index (χ3n) is 1.37. The summed E-state index contributed by atoms with van der Waals surface area (Å²) in [6.07, 6.45) is 1.50. The lowest BCUT2D eigenvalue weighted by Gasteiger charge is -1.94. The van der Waals surface area contributed by atoms with E-state index in [2.05, 4.69) is 9.72 Å². The molecular weight excluding hydrogens is 190 g/mol. The summed E-state index contributed by atoms with van der Waals surface area (Å²) < 4.78 is 9.69. The zero-order valence-corrected chi connectivity index (χ0v) is 8.39. The smallest absolute Gasteiger partial charge is 0.349 e. The molecule has 0 saturated carbocycles. The molecule has 0 unspecified atom stereocenters. The molecule has 0 aliphatic heterocycles. The molecule has 1 aromatic rings. The predicted molar refractivity (Wildman–Crippen MR) is 48.8 cm³/mol. The molecule has 4 nitrogen and oxygen atoms in total. The molecule has 5 heteroatoms. The second-order valence-corrected chi connectivity index (χ2v) is 3.36. The van der Waals surface area contributed by atoms with E-state index < -0.39 is 0 Å². The Morgan fingerprint density at radius 3 is 3.08 bits per heavy atom. The number of ether oxygens (including phenoxy) is 2. The maximum absolute atomic E-state index is 11.0. The van der Waals surface area contributed by atoms with Crippen molar-refractivity contribution in [2.24, 2.45) is 0 Å². The van der Waals surface area contributed by atoms with Crippen LogP contribution in [0, 0.1) is 0 Å². The molecule has 0 bridgehead atoms. The summed E-state index contributed by atoms with van der Waals surface area (Å²) in [7, 11) is 1.35. The van der Waals surface area contributed by atoms with Gasteiger partial charge in [0, 0.05) is 6.61 Å². The molecule has 0 saturated heterocycles. The zero-order chi connectivity index (χ0) is 9.68. The molecule has 13 heavy (non-hydrogen) atoms. The fourth-order valence-corrected chi connectivity index (χ4v) is 1.53. The van der Waals surface area contributed by atoms with Gasteiger partial charge in [0.05, 0.1) is 19.9 Å². The summed E-state index contributed by atoms with van der Waals surface area (Å²) in [4.78, 5) is 15.5. The normalized spacial score (nSPS) is 10.0. The summed E-state index contributed by atoms with van der Waals surface area (Å²) in [6.45, 7) is 3.01. The van der Waals surface area contributed by atoms with Crippen LogP contribution < -0.4 is 0 Å². The molecule has 0 atom stereocenters. The van der Waals surface area contributed by atoms with Gasteiger partial charge in [-0.1, -0.05) is 0 Å².